The van der Waals surface area contributed by atoms with Gasteiger partial charge in [-0.2, -0.15) is 0 Å². The molecule has 150 valence electrons. The van der Waals surface area contributed by atoms with E-state index in [9.17, 15) is 19.7 Å². The van der Waals surface area contributed by atoms with Crippen molar-refractivity contribution in [2.75, 3.05) is 5.32 Å². The van der Waals surface area contributed by atoms with Crippen LogP contribution in [0, 0.1) is 17.0 Å². The fraction of sp³-hybridized carbons (Fsp3) is 0.0952. The second kappa shape index (κ2) is 7.88. The lowest BCUT2D eigenvalue weighted by molar-refractivity contribution is -0.385. The molecule has 4 aromatic rings. The van der Waals surface area contributed by atoms with Gasteiger partial charge in [0.1, 0.15) is 11.6 Å². The smallest absolute Gasteiger partial charge is 0.285 e. The van der Waals surface area contributed by atoms with Crippen LogP contribution in [0.2, 0.25) is 0 Å². The molecule has 0 spiro atoms. The van der Waals surface area contributed by atoms with Crippen molar-refractivity contribution in [2.24, 2.45) is 0 Å². The van der Waals surface area contributed by atoms with Crippen molar-refractivity contribution < 1.29 is 9.72 Å². The molecule has 8 nitrogen and oxygen atoms in total. The average molecular weight is 420 g/mol. The molecule has 30 heavy (non-hydrogen) atoms. The quantitative estimate of drug-likeness (QED) is 0.388. The second-order valence-electron chi connectivity index (χ2n) is 6.73. The molecular weight excluding hydrogens is 404 g/mol. The molecule has 0 saturated carbocycles. The number of fused-ring (bicyclic) bond motifs is 1. The highest BCUT2D eigenvalue weighted by molar-refractivity contribution is 7.21. The molecule has 1 N–H and O–H groups in total. The molecule has 9 heteroatoms. The summed E-state index contributed by atoms with van der Waals surface area (Å²) in [5, 5.41) is 14.4. The lowest BCUT2D eigenvalue weighted by atomic mass is 10.2. The van der Waals surface area contributed by atoms with Crippen LogP contribution in [0.25, 0.3) is 20.8 Å². The zero-order chi connectivity index (χ0) is 21.3. The van der Waals surface area contributed by atoms with E-state index in [1.807, 2.05) is 31.2 Å². The first-order valence-electron chi connectivity index (χ1n) is 9.01. The number of carbonyl (C=O) groups is 1. The van der Waals surface area contributed by atoms with Gasteiger partial charge in [0.15, 0.2) is 0 Å². The number of hydrogen-bond acceptors (Lipinski definition) is 6. The third kappa shape index (κ3) is 4.11. The van der Waals surface area contributed by atoms with Crippen molar-refractivity contribution in [3.63, 3.8) is 0 Å². The molecule has 0 bridgehead atoms. The van der Waals surface area contributed by atoms with Gasteiger partial charge >= 0.3 is 0 Å². The molecule has 0 atom stereocenters. The van der Waals surface area contributed by atoms with Crippen LogP contribution in [0.15, 0.2) is 65.6 Å². The molecule has 0 aliphatic carbocycles. The number of benzene rings is 2. The Hall–Kier alpha value is -3.85. The Kier molecular flexibility index (Phi) is 5.11. The summed E-state index contributed by atoms with van der Waals surface area (Å²) in [7, 11) is 0. The van der Waals surface area contributed by atoms with E-state index in [1.54, 1.807) is 23.5 Å². The number of nitro groups is 1. The molecule has 0 aliphatic heterocycles. The van der Waals surface area contributed by atoms with E-state index < -0.39 is 16.4 Å². The number of amides is 1. The van der Waals surface area contributed by atoms with E-state index >= 15 is 0 Å². The van der Waals surface area contributed by atoms with Gasteiger partial charge < -0.3 is 5.32 Å². The van der Waals surface area contributed by atoms with E-state index in [4.69, 9.17) is 0 Å². The van der Waals surface area contributed by atoms with Crippen LogP contribution >= 0.6 is 11.3 Å². The maximum atomic E-state index is 12.3. The lowest BCUT2D eigenvalue weighted by Gasteiger charge is -2.07. The highest BCUT2D eigenvalue weighted by atomic mass is 32.1. The van der Waals surface area contributed by atoms with Crippen LogP contribution in [-0.2, 0) is 11.3 Å². The summed E-state index contributed by atoms with van der Waals surface area (Å²) < 4.78 is 2.12. The minimum atomic E-state index is -0.615. The number of carbonyl (C=O) groups excluding carboxylic acids is 1. The molecular formula is C21H16N4O4S. The lowest BCUT2D eigenvalue weighted by Crippen LogP contribution is -2.26. The normalized spacial score (nSPS) is 10.8. The Bertz CT molecular complexity index is 1330. The summed E-state index contributed by atoms with van der Waals surface area (Å²) in [6.45, 7) is 1.72. The monoisotopic (exact) mass is 420 g/mol. The molecule has 0 saturated heterocycles. The largest absolute Gasteiger partial charge is 0.325 e. The highest BCUT2D eigenvalue weighted by Gasteiger charge is 2.11. The standard InChI is InChI=1S/C21H16N4O4S/c1-13-2-8-17-18(10-13)30-21(23-17)14-3-5-15(6-4-14)22-19(26)12-24-11-16(25(28)29)7-9-20(24)27/h2-11H,12H2,1H3,(H,22,26). The van der Waals surface area contributed by atoms with Gasteiger partial charge in [-0.25, -0.2) is 4.98 Å². The third-order valence-corrected chi connectivity index (χ3v) is 5.52. The van der Waals surface area contributed by atoms with E-state index in [1.165, 1.54) is 5.56 Å². The van der Waals surface area contributed by atoms with Crippen LogP contribution < -0.4 is 10.9 Å². The number of aryl methyl sites for hydroxylation is 1. The van der Waals surface area contributed by atoms with Crippen molar-refractivity contribution in [1.29, 1.82) is 0 Å². The molecule has 2 heterocycles. The maximum absolute atomic E-state index is 12.3. The van der Waals surface area contributed by atoms with Gasteiger partial charge in [0.25, 0.3) is 11.2 Å². The number of nitrogens with zero attached hydrogens (tertiary/aromatic N) is 3. The number of anilines is 1. The fourth-order valence-electron chi connectivity index (χ4n) is 2.96. The Morgan fingerprint density at radius 1 is 1.17 bits per heavy atom. The second-order valence-corrected chi connectivity index (χ2v) is 7.76. The minimum absolute atomic E-state index is 0.252. The number of pyridine rings is 1. The van der Waals surface area contributed by atoms with Crippen molar-refractivity contribution in [1.82, 2.24) is 9.55 Å². The SMILES string of the molecule is Cc1ccc2nc(-c3ccc(NC(=O)Cn4cc([N+](=O)[O-])ccc4=O)cc3)sc2c1. The Morgan fingerprint density at radius 3 is 2.67 bits per heavy atom. The first kappa shape index (κ1) is 19.5. The van der Waals surface area contributed by atoms with Gasteiger partial charge in [-0.3, -0.25) is 24.3 Å². The zero-order valence-corrected chi connectivity index (χ0v) is 16.7. The van der Waals surface area contributed by atoms with Gasteiger partial charge in [0.2, 0.25) is 5.91 Å². The molecule has 1 amide bonds. The van der Waals surface area contributed by atoms with E-state index in [0.717, 1.165) is 43.7 Å². The number of hydrogen-bond donors (Lipinski definition) is 1. The minimum Gasteiger partial charge on any atom is -0.325 e. The molecule has 2 aromatic carbocycles. The summed E-state index contributed by atoms with van der Waals surface area (Å²) in [5.41, 5.74) is 2.87. The zero-order valence-electron chi connectivity index (χ0n) is 15.9. The summed E-state index contributed by atoms with van der Waals surface area (Å²) in [5.74, 6) is -0.458. The van der Waals surface area contributed by atoms with Crippen molar-refractivity contribution in [2.45, 2.75) is 13.5 Å². The number of rotatable bonds is 5. The van der Waals surface area contributed by atoms with Crippen LogP contribution in [-0.4, -0.2) is 20.4 Å². The molecule has 0 radical (unpaired) electrons. The van der Waals surface area contributed by atoms with Crippen molar-refractivity contribution in [3.05, 3.63) is 86.8 Å². The molecule has 0 fully saturated rings. The van der Waals surface area contributed by atoms with E-state index in [2.05, 4.69) is 16.4 Å². The first-order chi connectivity index (χ1) is 14.4. The highest BCUT2D eigenvalue weighted by Crippen LogP contribution is 2.31. The van der Waals surface area contributed by atoms with Gasteiger partial charge in [-0.1, -0.05) is 6.07 Å². The van der Waals surface area contributed by atoms with E-state index in [-0.39, 0.29) is 12.2 Å². The Balaban J connectivity index is 1.48. The molecule has 4 rings (SSSR count). The molecule has 0 unspecified atom stereocenters. The number of nitrogens with one attached hydrogen (secondary N) is 1. The topological polar surface area (TPSA) is 107 Å². The van der Waals surface area contributed by atoms with E-state index in [0.29, 0.717) is 5.69 Å². The first-order valence-corrected chi connectivity index (χ1v) is 9.83. The van der Waals surface area contributed by atoms with Gasteiger partial charge in [-0.15, -0.1) is 11.3 Å². The van der Waals surface area contributed by atoms with Crippen molar-refractivity contribution >= 4 is 38.8 Å². The van der Waals surface area contributed by atoms with Crippen LogP contribution in [0.4, 0.5) is 11.4 Å². The number of thiazole rings is 1. The van der Waals surface area contributed by atoms with Crippen LogP contribution in [0.3, 0.4) is 0 Å². The van der Waals surface area contributed by atoms with Crippen LogP contribution in [0.5, 0.6) is 0 Å². The predicted octanol–water partition coefficient (Wildman–Crippen LogP) is 3.98. The summed E-state index contributed by atoms with van der Waals surface area (Å²) in [4.78, 5) is 39.0. The average Bonchev–Trinajstić information content (AvgIpc) is 3.13. The van der Waals surface area contributed by atoms with Crippen LogP contribution in [0.1, 0.15) is 5.56 Å². The van der Waals surface area contributed by atoms with Gasteiger partial charge in [0, 0.05) is 23.4 Å². The van der Waals surface area contributed by atoms with Crippen molar-refractivity contribution in [3.8, 4) is 10.6 Å². The summed E-state index contributed by atoms with van der Waals surface area (Å²) >= 11 is 1.60. The Morgan fingerprint density at radius 2 is 1.93 bits per heavy atom. The van der Waals surface area contributed by atoms with Gasteiger partial charge in [0.05, 0.1) is 21.3 Å². The summed E-state index contributed by atoms with van der Waals surface area (Å²) in [6, 6.07) is 15.5. The van der Waals surface area contributed by atoms with Gasteiger partial charge in [-0.05, 0) is 48.9 Å². The maximum Gasteiger partial charge on any atom is 0.285 e. The Labute approximate surface area is 174 Å². The molecule has 0 aliphatic rings. The third-order valence-electron chi connectivity index (χ3n) is 4.45. The molecule has 2 aromatic heterocycles. The predicted molar refractivity (Wildman–Crippen MR) is 116 cm³/mol. The number of aromatic nitrogens is 2. The summed E-state index contributed by atoms with van der Waals surface area (Å²) in [6.07, 6.45) is 1.06. The fourth-order valence-corrected chi connectivity index (χ4v) is 4.03.